The van der Waals surface area contributed by atoms with Crippen LogP contribution in [0.1, 0.15) is 15.2 Å². The number of rotatable bonds is 3. The molecule has 0 N–H and O–H groups in total. The summed E-state index contributed by atoms with van der Waals surface area (Å²) in [5, 5.41) is 1.89. The van der Waals surface area contributed by atoms with Gasteiger partial charge in [0.25, 0.3) is 0 Å². The van der Waals surface area contributed by atoms with Crippen molar-refractivity contribution >= 4 is 49.0 Å². The van der Waals surface area contributed by atoms with Gasteiger partial charge in [-0.1, -0.05) is 6.07 Å². The molecule has 2 aromatic rings. The minimum atomic E-state index is -0.489. The van der Waals surface area contributed by atoms with E-state index in [-0.39, 0.29) is 17.8 Å². The van der Waals surface area contributed by atoms with Crippen molar-refractivity contribution in [1.82, 2.24) is 0 Å². The molecule has 0 aliphatic carbocycles. The van der Waals surface area contributed by atoms with E-state index in [2.05, 4.69) is 31.9 Å². The maximum atomic E-state index is 13.6. The number of thiophene rings is 1. The average molecular weight is 378 g/mol. The number of benzene rings is 1. The Labute approximate surface area is 119 Å². The number of halogens is 3. The van der Waals surface area contributed by atoms with Crippen LogP contribution in [0.3, 0.4) is 0 Å². The quantitative estimate of drug-likeness (QED) is 0.699. The Bertz CT molecular complexity index is 545. The topological polar surface area (TPSA) is 17.1 Å². The summed E-state index contributed by atoms with van der Waals surface area (Å²) in [7, 11) is 0. The summed E-state index contributed by atoms with van der Waals surface area (Å²) in [5.41, 5.74) is 0.118. The van der Waals surface area contributed by atoms with E-state index in [1.165, 1.54) is 17.4 Å². The number of Topliss-reactive ketones (excluding diaryl/α,β-unsaturated/α-hetero) is 1. The first-order valence-electron chi connectivity index (χ1n) is 4.78. The number of carbonyl (C=O) groups is 1. The van der Waals surface area contributed by atoms with Crippen LogP contribution in [0, 0.1) is 5.82 Å². The normalized spacial score (nSPS) is 10.5. The van der Waals surface area contributed by atoms with Crippen LogP contribution in [0.25, 0.3) is 0 Å². The fourth-order valence-electron chi connectivity index (χ4n) is 1.45. The molecule has 0 fully saturated rings. The molecule has 17 heavy (non-hydrogen) atoms. The number of hydrogen-bond donors (Lipinski definition) is 0. The highest BCUT2D eigenvalue weighted by atomic mass is 79.9. The van der Waals surface area contributed by atoms with E-state index >= 15 is 0 Å². The van der Waals surface area contributed by atoms with Crippen molar-refractivity contribution in [2.45, 2.75) is 6.42 Å². The van der Waals surface area contributed by atoms with Crippen LogP contribution >= 0.6 is 43.2 Å². The van der Waals surface area contributed by atoms with E-state index < -0.39 is 5.82 Å². The van der Waals surface area contributed by atoms with Gasteiger partial charge in [-0.3, -0.25) is 4.79 Å². The Hall–Kier alpha value is -0.520. The lowest BCUT2D eigenvalue weighted by Crippen LogP contribution is -2.06. The maximum Gasteiger partial charge on any atom is 0.172 e. The Balaban J connectivity index is 2.30. The van der Waals surface area contributed by atoms with Crippen molar-refractivity contribution in [1.29, 1.82) is 0 Å². The SMILES string of the molecule is O=C(Cc1sccc1Br)c1c(F)cccc1Br. The highest BCUT2D eigenvalue weighted by Gasteiger charge is 2.17. The second-order valence-electron chi connectivity index (χ2n) is 3.39. The van der Waals surface area contributed by atoms with Gasteiger partial charge in [-0.2, -0.15) is 0 Å². The zero-order valence-corrected chi connectivity index (χ0v) is 12.5. The highest BCUT2D eigenvalue weighted by molar-refractivity contribution is 9.10. The first kappa shape index (κ1) is 12.9. The molecule has 0 saturated heterocycles. The van der Waals surface area contributed by atoms with Crippen LogP contribution in [0.2, 0.25) is 0 Å². The summed E-state index contributed by atoms with van der Waals surface area (Å²) in [6.07, 6.45) is 0.206. The highest BCUT2D eigenvalue weighted by Crippen LogP contribution is 2.26. The van der Waals surface area contributed by atoms with Gasteiger partial charge < -0.3 is 0 Å². The van der Waals surface area contributed by atoms with Gasteiger partial charge in [-0.15, -0.1) is 11.3 Å². The molecule has 0 amide bonds. The van der Waals surface area contributed by atoms with Crippen molar-refractivity contribution in [3.05, 3.63) is 54.8 Å². The fourth-order valence-corrected chi connectivity index (χ4v) is 3.50. The first-order chi connectivity index (χ1) is 8.09. The average Bonchev–Trinajstić information content (AvgIpc) is 2.64. The number of carbonyl (C=O) groups excluding carboxylic acids is 1. The molecule has 1 aromatic heterocycles. The van der Waals surface area contributed by atoms with E-state index in [0.29, 0.717) is 4.47 Å². The van der Waals surface area contributed by atoms with Gasteiger partial charge in [0.1, 0.15) is 5.82 Å². The van der Waals surface area contributed by atoms with Gasteiger partial charge in [0.05, 0.1) is 5.56 Å². The first-order valence-corrected chi connectivity index (χ1v) is 7.25. The molecule has 1 aromatic carbocycles. The Morgan fingerprint density at radius 2 is 2.00 bits per heavy atom. The van der Waals surface area contributed by atoms with Crippen LogP contribution in [0.4, 0.5) is 4.39 Å². The molecular formula is C12H7Br2FOS. The van der Waals surface area contributed by atoms with Crippen molar-refractivity contribution < 1.29 is 9.18 Å². The minimum Gasteiger partial charge on any atom is -0.294 e. The van der Waals surface area contributed by atoms with Crippen LogP contribution < -0.4 is 0 Å². The summed E-state index contributed by atoms with van der Waals surface area (Å²) >= 11 is 8.04. The Morgan fingerprint density at radius 3 is 2.59 bits per heavy atom. The molecule has 5 heteroatoms. The van der Waals surface area contributed by atoms with Crippen molar-refractivity contribution in [2.24, 2.45) is 0 Å². The lowest BCUT2D eigenvalue weighted by Gasteiger charge is -2.04. The zero-order chi connectivity index (χ0) is 12.4. The maximum absolute atomic E-state index is 13.6. The summed E-state index contributed by atoms with van der Waals surface area (Å²) in [5.74, 6) is -0.713. The molecule has 0 bridgehead atoms. The summed E-state index contributed by atoms with van der Waals surface area (Å²) in [6.45, 7) is 0. The third kappa shape index (κ3) is 2.84. The third-order valence-electron chi connectivity index (χ3n) is 2.25. The van der Waals surface area contributed by atoms with Crippen molar-refractivity contribution in [3.8, 4) is 0 Å². The molecule has 0 unspecified atom stereocenters. The second-order valence-corrected chi connectivity index (χ2v) is 6.10. The zero-order valence-electron chi connectivity index (χ0n) is 8.54. The lowest BCUT2D eigenvalue weighted by molar-refractivity contribution is 0.0989. The molecule has 0 aliphatic rings. The monoisotopic (exact) mass is 376 g/mol. The standard InChI is InChI=1S/C12H7Br2FOS/c13-7-4-5-17-11(7)6-10(16)12-8(14)2-1-3-9(12)15/h1-5H,6H2. The lowest BCUT2D eigenvalue weighted by atomic mass is 10.1. The summed E-state index contributed by atoms with van der Waals surface area (Å²) in [4.78, 5) is 12.9. The summed E-state index contributed by atoms with van der Waals surface area (Å²) < 4.78 is 15.0. The van der Waals surface area contributed by atoms with E-state index in [0.717, 1.165) is 9.35 Å². The second kappa shape index (κ2) is 5.42. The van der Waals surface area contributed by atoms with Gasteiger partial charge in [0.15, 0.2) is 5.78 Å². The smallest absolute Gasteiger partial charge is 0.172 e. The van der Waals surface area contributed by atoms with Gasteiger partial charge in [0.2, 0.25) is 0 Å². The predicted octanol–water partition coefficient (Wildman–Crippen LogP) is 4.84. The molecule has 1 heterocycles. The van der Waals surface area contributed by atoms with Crippen LogP contribution in [0.15, 0.2) is 38.6 Å². The van der Waals surface area contributed by atoms with Gasteiger partial charge in [-0.05, 0) is 55.4 Å². The van der Waals surface area contributed by atoms with Gasteiger partial charge >= 0.3 is 0 Å². The Morgan fingerprint density at radius 1 is 1.24 bits per heavy atom. The van der Waals surface area contributed by atoms with Crippen molar-refractivity contribution in [2.75, 3.05) is 0 Å². The molecule has 0 aliphatic heterocycles. The minimum absolute atomic E-state index is 0.118. The van der Waals surface area contributed by atoms with E-state index in [1.54, 1.807) is 12.1 Å². The van der Waals surface area contributed by atoms with E-state index in [4.69, 9.17) is 0 Å². The predicted molar refractivity (Wildman–Crippen MR) is 74.2 cm³/mol. The van der Waals surface area contributed by atoms with Crippen LogP contribution in [-0.4, -0.2) is 5.78 Å². The van der Waals surface area contributed by atoms with Crippen LogP contribution in [-0.2, 0) is 6.42 Å². The molecule has 88 valence electrons. The molecule has 0 radical (unpaired) electrons. The third-order valence-corrected chi connectivity index (χ3v) is 4.84. The molecular weight excluding hydrogens is 371 g/mol. The summed E-state index contributed by atoms with van der Waals surface area (Å²) in [6, 6.07) is 6.40. The molecule has 0 spiro atoms. The van der Waals surface area contributed by atoms with E-state index in [9.17, 15) is 9.18 Å². The molecule has 0 atom stereocenters. The molecule has 1 nitrogen and oxygen atoms in total. The van der Waals surface area contributed by atoms with Crippen LogP contribution in [0.5, 0.6) is 0 Å². The van der Waals surface area contributed by atoms with Gasteiger partial charge in [-0.25, -0.2) is 4.39 Å². The van der Waals surface area contributed by atoms with Crippen molar-refractivity contribution in [3.63, 3.8) is 0 Å². The molecule has 0 saturated carbocycles. The number of ketones is 1. The largest absolute Gasteiger partial charge is 0.294 e. The Kier molecular flexibility index (Phi) is 4.12. The molecule has 2 rings (SSSR count). The van der Waals surface area contributed by atoms with Gasteiger partial charge in [0, 0.05) is 20.2 Å². The number of hydrogen-bond acceptors (Lipinski definition) is 2. The fraction of sp³-hybridized carbons (Fsp3) is 0.0833. The van der Waals surface area contributed by atoms with E-state index in [1.807, 2.05) is 11.4 Å².